The summed E-state index contributed by atoms with van der Waals surface area (Å²) in [5.41, 5.74) is 4.77. The van der Waals surface area contributed by atoms with Gasteiger partial charge in [0.25, 0.3) is 11.1 Å². The molecule has 1 saturated heterocycles. The van der Waals surface area contributed by atoms with Crippen LogP contribution in [0.4, 0.5) is 14.9 Å². The van der Waals surface area contributed by atoms with Gasteiger partial charge < -0.3 is 14.6 Å². The van der Waals surface area contributed by atoms with E-state index >= 15 is 0 Å². The van der Waals surface area contributed by atoms with Crippen LogP contribution >= 0.6 is 23.4 Å². The lowest BCUT2D eigenvalue weighted by atomic mass is 10.2. The van der Waals surface area contributed by atoms with Gasteiger partial charge in [-0.1, -0.05) is 29.8 Å². The number of ether oxygens (including phenoxy) is 1. The number of amides is 3. The summed E-state index contributed by atoms with van der Waals surface area (Å²) in [5, 5.41) is 2.64. The Balaban J connectivity index is 1.27. The molecular weight excluding hydrogens is 565 g/mol. The fourth-order valence-electron chi connectivity index (χ4n) is 4.46. The molecule has 1 aromatic heterocycles. The third-order valence-corrected chi connectivity index (χ3v) is 7.61. The Morgan fingerprint density at radius 1 is 1.02 bits per heavy atom. The second kappa shape index (κ2) is 12.0. The van der Waals surface area contributed by atoms with Crippen LogP contribution in [0.5, 0.6) is 5.75 Å². The van der Waals surface area contributed by atoms with Crippen LogP contribution in [0.1, 0.15) is 22.5 Å². The normalized spacial score (nSPS) is 14.1. The summed E-state index contributed by atoms with van der Waals surface area (Å²) in [4.78, 5) is 39.1. The van der Waals surface area contributed by atoms with Crippen molar-refractivity contribution in [3.8, 4) is 11.4 Å². The van der Waals surface area contributed by atoms with E-state index in [1.807, 2.05) is 73.0 Å². The van der Waals surface area contributed by atoms with Crippen molar-refractivity contribution in [1.29, 1.82) is 0 Å². The monoisotopic (exact) mass is 589 g/mol. The van der Waals surface area contributed by atoms with E-state index in [4.69, 9.17) is 16.3 Å². The molecule has 1 fully saturated rings. The van der Waals surface area contributed by atoms with Gasteiger partial charge in [-0.15, -0.1) is 0 Å². The number of nitrogens with zero attached hydrogens (tertiary/aromatic N) is 2. The number of thioether (sulfide) groups is 1. The molecule has 10 heteroatoms. The maximum absolute atomic E-state index is 13.4. The summed E-state index contributed by atoms with van der Waals surface area (Å²) in [6, 6.07) is 22.5. The first-order valence-corrected chi connectivity index (χ1v) is 13.8. The molecule has 0 unspecified atom stereocenters. The third kappa shape index (κ3) is 6.53. The van der Waals surface area contributed by atoms with Gasteiger partial charge in [-0.25, -0.2) is 4.39 Å². The number of hydrogen-bond donors (Lipinski definition) is 1. The molecule has 5 rings (SSSR count). The van der Waals surface area contributed by atoms with Crippen molar-refractivity contribution in [1.82, 2.24) is 9.47 Å². The molecule has 0 bridgehead atoms. The molecule has 1 aliphatic heterocycles. The molecule has 0 spiro atoms. The smallest absolute Gasteiger partial charge is 0.294 e. The van der Waals surface area contributed by atoms with Crippen LogP contribution in [0.2, 0.25) is 5.02 Å². The number of imide groups is 1. The predicted molar refractivity (Wildman–Crippen MR) is 159 cm³/mol. The largest absolute Gasteiger partial charge is 0.489 e. The minimum atomic E-state index is -0.599. The second-order valence-electron chi connectivity index (χ2n) is 9.40. The Bertz CT molecular complexity index is 1670. The first kappa shape index (κ1) is 28.2. The summed E-state index contributed by atoms with van der Waals surface area (Å²) in [6.07, 6.45) is 1.66. The van der Waals surface area contributed by atoms with Gasteiger partial charge in [-0.05, 0) is 103 Å². The van der Waals surface area contributed by atoms with Gasteiger partial charge in [0.05, 0.1) is 4.91 Å². The number of benzene rings is 3. The van der Waals surface area contributed by atoms with Gasteiger partial charge >= 0.3 is 0 Å². The van der Waals surface area contributed by atoms with Gasteiger partial charge in [0.1, 0.15) is 24.7 Å². The van der Waals surface area contributed by atoms with Gasteiger partial charge in [-0.3, -0.25) is 19.3 Å². The summed E-state index contributed by atoms with van der Waals surface area (Å²) < 4.78 is 21.3. The van der Waals surface area contributed by atoms with Crippen LogP contribution in [0.15, 0.2) is 83.8 Å². The number of aryl methyl sites for hydroxylation is 1. The van der Waals surface area contributed by atoms with Crippen LogP contribution in [0, 0.1) is 19.7 Å². The Hall–Kier alpha value is -4.34. The molecule has 3 aromatic carbocycles. The molecule has 0 aliphatic carbocycles. The van der Waals surface area contributed by atoms with Gasteiger partial charge in [-0.2, -0.15) is 0 Å². The van der Waals surface area contributed by atoms with Crippen molar-refractivity contribution >= 4 is 52.2 Å². The maximum atomic E-state index is 13.4. The van der Waals surface area contributed by atoms with E-state index in [-0.39, 0.29) is 10.6 Å². The highest BCUT2D eigenvalue weighted by Crippen LogP contribution is 2.34. The SMILES string of the molecule is Cc1cc(/C=C2/SC(=O)N(CC(=O)Nc3cccc(F)c3)C2=O)c(C)n1-c1ccc(OCc2ccc(Cl)cc2)cc1. The molecule has 208 valence electrons. The molecule has 1 N–H and O–H groups in total. The second-order valence-corrected chi connectivity index (χ2v) is 10.8. The van der Waals surface area contributed by atoms with E-state index in [0.29, 0.717) is 11.6 Å². The van der Waals surface area contributed by atoms with Gasteiger partial charge in [0.15, 0.2) is 0 Å². The number of halogens is 2. The Kier molecular flexibility index (Phi) is 8.28. The number of carbonyl (C=O) groups is 3. The average molecular weight is 590 g/mol. The zero-order valence-corrected chi connectivity index (χ0v) is 23.8. The molecule has 0 radical (unpaired) electrons. The molecule has 2 heterocycles. The number of aromatic nitrogens is 1. The molecule has 3 amide bonds. The number of carbonyl (C=O) groups excluding carboxylic acids is 3. The van der Waals surface area contributed by atoms with Gasteiger partial charge in [0, 0.05) is 27.8 Å². The molecule has 0 saturated carbocycles. The number of nitrogens with one attached hydrogen (secondary N) is 1. The third-order valence-electron chi connectivity index (χ3n) is 6.45. The van der Waals surface area contributed by atoms with Crippen LogP contribution in [0.25, 0.3) is 11.8 Å². The van der Waals surface area contributed by atoms with Crippen LogP contribution in [-0.2, 0) is 16.2 Å². The summed E-state index contributed by atoms with van der Waals surface area (Å²) >= 11 is 6.72. The minimum absolute atomic E-state index is 0.222. The highest BCUT2D eigenvalue weighted by Gasteiger charge is 2.36. The number of hydrogen-bond acceptors (Lipinski definition) is 5. The van der Waals surface area contributed by atoms with Crippen LogP contribution in [0.3, 0.4) is 0 Å². The highest BCUT2D eigenvalue weighted by molar-refractivity contribution is 8.18. The zero-order valence-electron chi connectivity index (χ0n) is 22.2. The van der Waals surface area contributed by atoms with Crippen LogP contribution in [-0.4, -0.2) is 33.1 Å². The van der Waals surface area contributed by atoms with Crippen molar-refractivity contribution in [2.24, 2.45) is 0 Å². The first-order chi connectivity index (χ1) is 19.7. The Morgan fingerprint density at radius 2 is 1.76 bits per heavy atom. The fourth-order valence-corrected chi connectivity index (χ4v) is 5.41. The molecule has 41 heavy (non-hydrogen) atoms. The molecule has 1 aliphatic rings. The molecular formula is C31H25ClFN3O4S. The van der Waals surface area contributed by atoms with E-state index in [9.17, 15) is 18.8 Å². The van der Waals surface area contributed by atoms with Crippen LogP contribution < -0.4 is 10.1 Å². The maximum Gasteiger partial charge on any atom is 0.294 e. The number of rotatable bonds is 8. The highest BCUT2D eigenvalue weighted by atomic mass is 35.5. The van der Waals surface area contributed by atoms with Crippen molar-refractivity contribution in [3.63, 3.8) is 0 Å². The van der Waals surface area contributed by atoms with E-state index < -0.39 is 29.4 Å². The summed E-state index contributed by atoms with van der Waals surface area (Å²) in [7, 11) is 0. The standard InChI is InChI=1S/C31H25ClFN3O4S/c1-19-14-22(15-28-30(38)35(31(39)41-28)17-29(37)34-25-5-3-4-24(33)16-25)20(2)36(19)26-10-12-27(13-11-26)40-18-21-6-8-23(32)9-7-21/h3-16H,17-18H2,1-2H3,(H,34,37)/b28-15+. The Labute approximate surface area is 245 Å². The average Bonchev–Trinajstić information content (AvgIpc) is 3.37. The topological polar surface area (TPSA) is 80.6 Å². The minimum Gasteiger partial charge on any atom is -0.489 e. The predicted octanol–water partition coefficient (Wildman–Crippen LogP) is 7.14. The van der Waals surface area contributed by atoms with Crippen molar-refractivity contribution < 1.29 is 23.5 Å². The quantitative estimate of drug-likeness (QED) is 0.221. The lowest BCUT2D eigenvalue weighted by Crippen LogP contribution is -2.36. The van der Waals surface area contributed by atoms with E-state index in [1.165, 1.54) is 18.2 Å². The van der Waals surface area contributed by atoms with Crippen molar-refractivity contribution in [2.75, 3.05) is 11.9 Å². The summed E-state index contributed by atoms with van der Waals surface area (Å²) in [5.74, 6) is -0.936. The zero-order chi connectivity index (χ0) is 29.1. The van der Waals surface area contributed by atoms with E-state index in [2.05, 4.69) is 5.32 Å². The number of anilines is 1. The molecule has 0 atom stereocenters. The molecule has 7 nitrogen and oxygen atoms in total. The lowest BCUT2D eigenvalue weighted by Gasteiger charge is -2.12. The summed E-state index contributed by atoms with van der Waals surface area (Å²) in [6.45, 7) is 3.84. The van der Waals surface area contributed by atoms with Crippen molar-refractivity contribution in [2.45, 2.75) is 20.5 Å². The van der Waals surface area contributed by atoms with E-state index in [0.717, 1.165) is 56.7 Å². The first-order valence-electron chi connectivity index (χ1n) is 12.7. The lowest BCUT2D eigenvalue weighted by molar-refractivity contribution is -0.127. The van der Waals surface area contributed by atoms with Crippen molar-refractivity contribution in [3.05, 3.63) is 117 Å². The van der Waals surface area contributed by atoms with Gasteiger partial charge in [0.2, 0.25) is 5.91 Å². The Morgan fingerprint density at radius 3 is 2.46 bits per heavy atom. The fraction of sp³-hybridized carbons (Fsp3) is 0.129. The molecule has 4 aromatic rings. The van der Waals surface area contributed by atoms with E-state index in [1.54, 1.807) is 6.08 Å².